The van der Waals surface area contributed by atoms with Crippen LogP contribution in [0.5, 0.6) is 0 Å². The van der Waals surface area contributed by atoms with Crippen LogP contribution in [0.15, 0.2) is 58.8 Å². The van der Waals surface area contributed by atoms with E-state index in [1.54, 1.807) is 16.2 Å². The fourth-order valence-corrected chi connectivity index (χ4v) is 5.09. The van der Waals surface area contributed by atoms with Crippen LogP contribution in [0.4, 0.5) is 0 Å². The molecule has 154 valence electrons. The molecular weight excluding hydrogens is 434 g/mol. The van der Waals surface area contributed by atoms with Gasteiger partial charge in [-0.15, -0.1) is 11.3 Å². The molecule has 1 aromatic carbocycles. The average molecular weight is 456 g/mol. The maximum Gasteiger partial charge on any atom is 0.266 e. The van der Waals surface area contributed by atoms with E-state index in [2.05, 4.69) is 0 Å². The van der Waals surface area contributed by atoms with Gasteiger partial charge in [0.25, 0.3) is 5.91 Å². The third-order valence-electron chi connectivity index (χ3n) is 4.54. The van der Waals surface area contributed by atoms with Crippen LogP contribution in [-0.4, -0.2) is 44.7 Å². The molecule has 0 bridgehead atoms. The van der Waals surface area contributed by atoms with Gasteiger partial charge in [-0.2, -0.15) is 5.10 Å². The average Bonchev–Trinajstić information content (AvgIpc) is 3.48. The van der Waals surface area contributed by atoms with Crippen LogP contribution in [0.25, 0.3) is 22.3 Å². The van der Waals surface area contributed by atoms with Gasteiger partial charge in [-0.05, 0) is 49.1 Å². The third-order valence-corrected chi connectivity index (χ3v) is 6.81. The molecule has 0 aliphatic carbocycles. The van der Waals surface area contributed by atoms with Gasteiger partial charge < -0.3 is 4.74 Å². The maximum absolute atomic E-state index is 12.9. The summed E-state index contributed by atoms with van der Waals surface area (Å²) in [4.78, 5) is 16.3. The number of nitrogens with zero attached hydrogens (tertiary/aromatic N) is 3. The minimum Gasteiger partial charge on any atom is -0.382 e. The molecule has 3 heterocycles. The zero-order valence-corrected chi connectivity index (χ0v) is 18.9. The maximum atomic E-state index is 12.9. The zero-order chi connectivity index (χ0) is 20.9. The van der Waals surface area contributed by atoms with Gasteiger partial charge in [-0.25, -0.2) is 4.68 Å². The molecule has 1 aliphatic heterocycles. The zero-order valence-electron chi connectivity index (χ0n) is 16.5. The van der Waals surface area contributed by atoms with Gasteiger partial charge >= 0.3 is 0 Å². The lowest BCUT2D eigenvalue weighted by Gasteiger charge is -2.13. The molecule has 0 unspecified atom stereocenters. The highest BCUT2D eigenvalue weighted by atomic mass is 32.2. The molecule has 3 aromatic rings. The Balaban J connectivity index is 1.64. The Hall–Kier alpha value is -2.26. The van der Waals surface area contributed by atoms with Crippen molar-refractivity contribution in [2.75, 3.05) is 19.8 Å². The van der Waals surface area contributed by atoms with Crippen LogP contribution in [0.2, 0.25) is 0 Å². The molecule has 0 atom stereocenters. The number of thiophene rings is 1. The molecule has 1 fully saturated rings. The Morgan fingerprint density at radius 3 is 2.77 bits per heavy atom. The van der Waals surface area contributed by atoms with E-state index in [0.717, 1.165) is 28.4 Å². The first-order valence-corrected chi connectivity index (χ1v) is 11.8. The second-order valence-corrected chi connectivity index (χ2v) is 9.19. The first-order chi connectivity index (χ1) is 14.7. The number of hydrogen-bond acceptors (Lipinski definition) is 6. The molecule has 4 rings (SSSR count). The quantitative estimate of drug-likeness (QED) is 0.264. The molecule has 2 aromatic heterocycles. The topological polar surface area (TPSA) is 47.4 Å². The number of rotatable bonds is 8. The third kappa shape index (κ3) is 4.57. The summed E-state index contributed by atoms with van der Waals surface area (Å²) >= 11 is 8.43. The molecule has 8 heteroatoms. The van der Waals surface area contributed by atoms with Gasteiger partial charge in [0.1, 0.15) is 10.0 Å². The summed E-state index contributed by atoms with van der Waals surface area (Å²) < 4.78 is 7.84. The number of thiocarbonyl (C=S) groups is 1. The lowest BCUT2D eigenvalue weighted by Crippen LogP contribution is -2.29. The van der Waals surface area contributed by atoms with Crippen molar-refractivity contribution in [3.8, 4) is 16.3 Å². The molecule has 30 heavy (non-hydrogen) atoms. The standard InChI is InChI=1S/C22H21N3O2S3/c1-2-27-12-7-11-24-21(26)20(30-22(24)28)15-17-14-18(19-10-6-13-29-19)23-25(17)16-8-4-3-5-9-16/h3-6,8-10,13-15H,2,7,11-12H2,1H3. The SMILES string of the molecule is CCOCCCN1C(=O)C(=Cc2cc(-c3cccs3)nn2-c2ccccc2)SC1=S. The van der Waals surface area contributed by atoms with Crippen molar-refractivity contribution >= 4 is 51.6 Å². The lowest BCUT2D eigenvalue weighted by molar-refractivity contribution is -0.122. The largest absolute Gasteiger partial charge is 0.382 e. The van der Waals surface area contributed by atoms with E-state index in [1.165, 1.54) is 11.8 Å². The van der Waals surface area contributed by atoms with Crippen LogP contribution >= 0.6 is 35.3 Å². The van der Waals surface area contributed by atoms with Crippen molar-refractivity contribution in [3.63, 3.8) is 0 Å². The number of ether oxygens (including phenoxy) is 1. The second kappa shape index (κ2) is 9.70. The van der Waals surface area contributed by atoms with E-state index >= 15 is 0 Å². The van der Waals surface area contributed by atoms with Crippen LogP contribution in [0, 0.1) is 0 Å². The Bertz CT molecular complexity index is 1060. The molecule has 0 N–H and O–H groups in total. The lowest BCUT2D eigenvalue weighted by atomic mass is 10.2. The minimum absolute atomic E-state index is 0.0556. The number of para-hydroxylation sites is 1. The van der Waals surface area contributed by atoms with Gasteiger partial charge in [0.05, 0.1) is 21.2 Å². The summed E-state index contributed by atoms with van der Waals surface area (Å²) in [5, 5.41) is 6.83. The number of amides is 1. The van der Waals surface area contributed by atoms with Crippen LogP contribution < -0.4 is 0 Å². The molecule has 0 spiro atoms. The van der Waals surface area contributed by atoms with Crippen LogP contribution in [0.3, 0.4) is 0 Å². The number of benzene rings is 1. The first kappa shape index (κ1) is 21.0. The fourth-order valence-electron chi connectivity index (χ4n) is 3.12. The summed E-state index contributed by atoms with van der Waals surface area (Å²) in [5.74, 6) is -0.0556. The van der Waals surface area contributed by atoms with Crippen molar-refractivity contribution < 1.29 is 9.53 Å². The highest BCUT2D eigenvalue weighted by Gasteiger charge is 2.32. The molecule has 1 saturated heterocycles. The monoisotopic (exact) mass is 455 g/mol. The second-order valence-electron chi connectivity index (χ2n) is 6.56. The van der Waals surface area contributed by atoms with Gasteiger partial charge in [0, 0.05) is 19.8 Å². The normalized spacial score (nSPS) is 15.5. The Kier molecular flexibility index (Phi) is 6.79. The number of thioether (sulfide) groups is 1. The molecular formula is C22H21N3O2S3. The van der Waals surface area contributed by atoms with E-state index in [-0.39, 0.29) is 5.91 Å². The molecule has 1 amide bonds. The van der Waals surface area contributed by atoms with Gasteiger partial charge in [0.15, 0.2) is 0 Å². The molecule has 0 radical (unpaired) electrons. The summed E-state index contributed by atoms with van der Waals surface area (Å²) in [6.45, 7) is 3.83. The minimum atomic E-state index is -0.0556. The Morgan fingerprint density at radius 1 is 1.20 bits per heavy atom. The van der Waals surface area contributed by atoms with E-state index < -0.39 is 0 Å². The summed E-state index contributed by atoms with van der Waals surface area (Å²) in [6, 6.07) is 16.0. The van der Waals surface area contributed by atoms with Gasteiger partial charge in [-0.1, -0.05) is 48.2 Å². The summed E-state index contributed by atoms with van der Waals surface area (Å²) in [5.41, 5.74) is 2.67. The highest BCUT2D eigenvalue weighted by molar-refractivity contribution is 8.26. The first-order valence-electron chi connectivity index (χ1n) is 9.70. The van der Waals surface area contributed by atoms with E-state index in [4.69, 9.17) is 22.1 Å². The predicted molar refractivity (Wildman–Crippen MR) is 128 cm³/mol. The van der Waals surface area contributed by atoms with Crippen molar-refractivity contribution in [1.29, 1.82) is 0 Å². The molecule has 5 nitrogen and oxygen atoms in total. The highest BCUT2D eigenvalue weighted by Crippen LogP contribution is 2.34. The smallest absolute Gasteiger partial charge is 0.266 e. The number of carbonyl (C=O) groups is 1. The Morgan fingerprint density at radius 2 is 2.03 bits per heavy atom. The van der Waals surface area contributed by atoms with Crippen LogP contribution in [-0.2, 0) is 9.53 Å². The van der Waals surface area contributed by atoms with E-state index in [0.29, 0.717) is 29.0 Å². The predicted octanol–water partition coefficient (Wildman–Crippen LogP) is 5.23. The van der Waals surface area contributed by atoms with Crippen LogP contribution in [0.1, 0.15) is 19.0 Å². The summed E-state index contributed by atoms with van der Waals surface area (Å²) in [6.07, 6.45) is 2.65. The number of hydrogen-bond donors (Lipinski definition) is 0. The van der Waals surface area contributed by atoms with Crippen molar-refractivity contribution in [2.45, 2.75) is 13.3 Å². The number of carbonyl (C=O) groups excluding carboxylic acids is 1. The van der Waals surface area contributed by atoms with Crippen molar-refractivity contribution in [3.05, 3.63) is 64.5 Å². The fraction of sp³-hybridized carbons (Fsp3) is 0.227. The van der Waals surface area contributed by atoms with Gasteiger partial charge in [0.2, 0.25) is 0 Å². The molecule has 0 saturated carbocycles. The van der Waals surface area contributed by atoms with E-state index in [9.17, 15) is 4.79 Å². The van der Waals surface area contributed by atoms with E-state index in [1.807, 2.05) is 71.6 Å². The van der Waals surface area contributed by atoms with Gasteiger partial charge in [-0.3, -0.25) is 9.69 Å². The number of aromatic nitrogens is 2. The van der Waals surface area contributed by atoms with Crippen molar-refractivity contribution in [2.24, 2.45) is 0 Å². The summed E-state index contributed by atoms with van der Waals surface area (Å²) in [7, 11) is 0. The Labute approximate surface area is 189 Å². The molecule has 1 aliphatic rings. The van der Waals surface area contributed by atoms with Crippen molar-refractivity contribution in [1.82, 2.24) is 14.7 Å².